The Morgan fingerprint density at radius 1 is 1.18 bits per heavy atom. The number of hydrogen-bond acceptors (Lipinski definition) is 4. The molecule has 0 aromatic heterocycles. The highest BCUT2D eigenvalue weighted by atomic mass is 16.5. The molecule has 2 unspecified atom stereocenters. The molecule has 0 radical (unpaired) electrons. The summed E-state index contributed by atoms with van der Waals surface area (Å²) in [5, 5.41) is 7.73. The molecule has 6 heteroatoms. The van der Waals surface area contributed by atoms with Crippen LogP contribution in [0.1, 0.15) is 0 Å². The molecule has 11 heavy (non-hydrogen) atoms. The summed E-state index contributed by atoms with van der Waals surface area (Å²) in [7, 11) is 2.96. The maximum atomic E-state index is 10.8. The van der Waals surface area contributed by atoms with E-state index in [1.54, 1.807) is 0 Å². The molecule has 2 amide bonds. The number of carbonyl (C=O) groups is 1. The maximum absolute atomic E-state index is 10.8. The van der Waals surface area contributed by atoms with Gasteiger partial charge in [0.15, 0.2) is 12.7 Å². The van der Waals surface area contributed by atoms with Crippen LogP contribution in [-0.2, 0) is 9.47 Å². The number of nitrogens with one attached hydrogen (secondary N) is 3. The Kier molecular flexibility index (Phi) is 2.64. The van der Waals surface area contributed by atoms with Crippen molar-refractivity contribution in [2.75, 3.05) is 14.2 Å². The van der Waals surface area contributed by atoms with Crippen molar-refractivity contribution in [2.45, 2.75) is 12.7 Å². The Morgan fingerprint density at radius 2 is 1.64 bits per heavy atom. The summed E-state index contributed by atoms with van der Waals surface area (Å²) in [4.78, 5) is 10.8. The summed E-state index contributed by atoms with van der Waals surface area (Å²) >= 11 is 0. The van der Waals surface area contributed by atoms with Crippen molar-refractivity contribution in [3.63, 3.8) is 0 Å². The van der Waals surface area contributed by atoms with Gasteiger partial charge in [0.05, 0.1) is 0 Å². The van der Waals surface area contributed by atoms with E-state index in [0.717, 1.165) is 0 Å². The van der Waals surface area contributed by atoms with E-state index in [2.05, 4.69) is 16.0 Å². The van der Waals surface area contributed by atoms with E-state index in [-0.39, 0.29) is 6.03 Å². The van der Waals surface area contributed by atoms with E-state index in [4.69, 9.17) is 9.47 Å². The van der Waals surface area contributed by atoms with E-state index >= 15 is 0 Å². The van der Waals surface area contributed by atoms with E-state index in [9.17, 15) is 4.79 Å². The first-order valence-electron chi connectivity index (χ1n) is 3.15. The first-order chi connectivity index (χ1) is 5.26. The average Bonchev–Trinajstić information content (AvgIpc) is 2.03. The lowest BCUT2D eigenvalue weighted by atomic mass is 10.6. The highest BCUT2D eigenvalue weighted by Crippen LogP contribution is 1.90. The number of urea groups is 1. The topological polar surface area (TPSA) is 71.6 Å². The smallest absolute Gasteiger partial charge is 0.320 e. The molecule has 2 atom stereocenters. The quantitative estimate of drug-likeness (QED) is 0.473. The van der Waals surface area contributed by atoms with Gasteiger partial charge in [-0.3, -0.25) is 10.6 Å². The SMILES string of the molecule is COC1NC(=O)NC(OC)N1. The van der Waals surface area contributed by atoms with Crippen molar-refractivity contribution in [3.05, 3.63) is 0 Å². The van der Waals surface area contributed by atoms with E-state index in [1.807, 2.05) is 0 Å². The molecule has 1 heterocycles. The number of amides is 2. The molecule has 1 aliphatic heterocycles. The van der Waals surface area contributed by atoms with Crippen LogP contribution in [0.15, 0.2) is 0 Å². The Balaban J connectivity index is 2.43. The molecule has 0 saturated carbocycles. The molecule has 3 N–H and O–H groups in total. The van der Waals surface area contributed by atoms with Crippen LogP contribution in [0.4, 0.5) is 4.79 Å². The van der Waals surface area contributed by atoms with Crippen LogP contribution in [0, 0.1) is 0 Å². The minimum absolute atomic E-state index is 0.317. The Labute approximate surface area is 64.2 Å². The molecule has 1 aliphatic rings. The van der Waals surface area contributed by atoms with Gasteiger partial charge in [0.25, 0.3) is 0 Å². The standard InChI is InChI=1S/C5H11N3O3/c1-10-4-6-3(9)7-5(8-4)11-2/h4-5,8H,1-2H3,(H2,6,7,9). The van der Waals surface area contributed by atoms with Crippen molar-refractivity contribution < 1.29 is 14.3 Å². The molecule has 0 bridgehead atoms. The summed E-state index contributed by atoms with van der Waals surface area (Å²) in [6.45, 7) is 0. The van der Waals surface area contributed by atoms with Crippen LogP contribution < -0.4 is 16.0 Å². The Bertz CT molecular complexity index is 138. The zero-order chi connectivity index (χ0) is 8.27. The van der Waals surface area contributed by atoms with Crippen molar-refractivity contribution >= 4 is 6.03 Å². The normalized spacial score (nSPS) is 30.9. The predicted octanol–water partition coefficient (Wildman–Crippen LogP) is -1.25. The summed E-state index contributed by atoms with van der Waals surface area (Å²) in [5.41, 5.74) is 0. The van der Waals surface area contributed by atoms with Crippen LogP contribution in [-0.4, -0.2) is 33.0 Å². The van der Waals surface area contributed by atoms with Crippen LogP contribution in [0.2, 0.25) is 0 Å². The van der Waals surface area contributed by atoms with Gasteiger partial charge < -0.3 is 9.47 Å². The molecule has 1 saturated heterocycles. The largest absolute Gasteiger partial charge is 0.348 e. The predicted molar refractivity (Wildman–Crippen MR) is 36.4 cm³/mol. The molecule has 1 rings (SSSR count). The van der Waals surface area contributed by atoms with Crippen LogP contribution in [0.3, 0.4) is 0 Å². The van der Waals surface area contributed by atoms with Gasteiger partial charge in [-0.1, -0.05) is 0 Å². The zero-order valence-corrected chi connectivity index (χ0v) is 6.38. The third kappa shape index (κ3) is 2.04. The van der Waals surface area contributed by atoms with Gasteiger partial charge in [-0.15, -0.1) is 0 Å². The number of methoxy groups -OCH3 is 2. The minimum atomic E-state index is -0.492. The zero-order valence-electron chi connectivity index (χ0n) is 6.38. The number of ether oxygens (including phenoxy) is 2. The Morgan fingerprint density at radius 3 is 2.00 bits per heavy atom. The molecular formula is C5H11N3O3. The van der Waals surface area contributed by atoms with Gasteiger partial charge in [-0.25, -0.2) is 10.1 Å². The van der Waals surface area contributed by atoms with Crippen molar-refractivity contribution in [1.82, 2.24) is 16.0 Å². The summed E-state index contributed by atoms with van der Waals surface area (Å²) < 4.78 is 9.66. The molecule has 0 aromatic rings. The fourth-order valence-corrected chi connectivity index (χ4v) is 0.755. The lowest BCUT2D eigenvalue weighted by Crippen LogP contribution is -2.65. The molecule has 64 valence electrons. The van der Waals surface area contributed by atoms with Crippen LogP contribution in [0.25, 0.3) is 0 Å². The molecule has 0 aromatic carbocycles. The monoisotopic (exact) mass is 161 g/mol. The van der Waals surface area contributed by atoms with Gasteiger partial charge >= 0.3 is 6.03 Å². The second-order valence-electron chi connectivity index (χ2n) is 2.02. The lowest BCUT2D eigenvalue weighted by molar-refractivity contribution is -0.0453. The fraction of sp³-hybridized carbons (Fsp3) is 0.800. The molecule has 1 fully saturated rings. The molecule has 0 aliphatic carbocycles. The van der Waals surface area contributed by atoms with E-state index in [1.165, 1.54) is 14.2 Å². The third-order valence-corrected chi connectivity index (χ3v) is 1.30. The highest BCUT2D eigenvalue weighted by Gasteiger charge is 2.23. The number of rotatable bonds is 2. The van der Waals surface area contributed by atoms with E-state index < -0.39 is 12.7 Å². The maximum Gasteiger partial charge on any atom is 0.320 e. The van der Waals surface area contributed by atoms with Crippen LogP contribution in [0.5, 0.6) is 0 Å². The van der Waals surface area contributed by atoms with Gasteiger partial charge in [0.2, 0.25) is 0 Å². The molecule has 0 spiro atoms. The Hall–Kier alpha value is -0.850. The second kappa shape index (κ2) is 3.51. The van der Waals surface area contributed by atoms with E-state index in [0.29, 0.717) is 0 Å². The summed E-state index contributed by atoms with van der Waals surface area (Å²) in [6, 6.07) is -0.317. The highest BCUT2D eigenvalue weighted by molar-refractivity contribution is 5.74. The molecular weight excluding hydrogens is 150 g/mol. The lowest BCUT2D eigenvalue weighted by Gasteiger charge is -2.30. The fourth-order valence-electron chi connectivity index (χ4n) is 0.755. The van der Waals surface area contributed by atoms with Crippen LogP contribution >= 0.6 is 0 Å². The first kappa shape index (κ1) is 8.25. The first-order valence-corrected chi connectivity index (χ1v) is 3.15. The van der Waals surface area contributed by atoms with Crippen molar-refractivity contribution in [2.24, 2.45) is 0 Å². The van der Waals surface area contributed by atoms with Gasteiger partial charge in [-0.2, -0.15) is 0 Å². The third-order valence-electron chi connectivity index (χ3n) is 1.30. The second-order valence-corrected chi connectivity index (χ2v) is 2.02. The van der Waals surface area contributed by atoms with Crippen molar-refractivity contribution in [1.29, 1.82) is 0 Å². The summed E-state index contributed by atoms with van der Waals surface area (Å²) in [6.07, 6.45) is -0.984. The van der Waals surface area contributed by atoms with Crippen molar-refractivity contribution in [3.8, 4) is 0 Å². The number of carbonyl (C=O) groups excluding carboxylic acids is 1. The molecule has 6 nitrogen and oxygen atoms in total. The van der Waals surface area contributed by atoms with Gasteiger partial charge in [-0.05, 0) is 0 Å². The average molecular weight is 161 g/mol. The van der Waals surface area contributed by atoms with Gasteiger partial charge in [0, 0.05) is 14.2 Å². The van der Waals surface area contributed by atoms with Gasteiger partial charge in [0.1, 0.15) is 0 Å². The minimum Gasteiger partial charge on any atom is -0.348 e. The number of hydrogen-bond donors (Lipinski definition) is 3. The summed E-state index contributed by atoms with van der Waals surface area (Å²) in [5.74, 6) is 0.